The Morgan fingerprint density at radius 1 is 0.545 bits per heavy atom. The number of hydrogen-bond acceptors (Lipinski definition) is 13. The molecule has 6 atom stereocenters. The number of ketones is 1. The topological polar surface area (TPSA) is 402 Å². The molecular weight excluding hydrogens is 861 g/mol. The molecule has 0 bridgehead atoms. The van der Waals surface area contributed by atoms with E-state index in [0.717, 1.165) is 0 Å². The van der Waals surface area contributed by atoms with Gasteiger partial charge >= 0.3 is 5.97 Å². The number of guanidine groups is 2. The predicted molar refractivity (Wildman–Crippen MR) is 248 cm³/mol. The molecule has 66 heavy (non-hydrogen) atoms. The van der Waals surface area contributed by atoms with Gasteiger partial charge in [-0.05, 0) is 75.7 Å². The van der Waals surface area contributed by atoms with Crippen LogP contribution >= 0.6 is 0 Å². The number of amides is 7. The number of nitrogens with one attached hydrogen (secondary N) is 7. The number of unbranched alkanes of at least 4 members (excludes halogenated alkanes) is 1. The van der Waals surface area contributed by atoms with Crippen molar-refractivity contribution in [1.82, 2.24) is 37.2 Å². The van der Waals surface area contributed by atoms with Crippen LogP contribution in [0.4, 0.5) is 0 Å². The molecule has 0 saturated heterocycles. The smallest absolute Gasteiger partial charge is 0.328 e. The van der Waals surface area contributed by atoms with Crippen molar-refractivity contribution in [2.24, 2.45) is 56.4 Å². The first-order valence-electron chi connectivity index (χ1n) is 22.4. The third-order valence-electron chi connectivity index (χ3n) is 9.93. The molecule has 0 aromatic heterocycles. The standard InChI is InChI=1S/C42H78N14O10/c1-23(2)21-30(40(65)66-8)52-33(60)22-50-38(63)34(24(3)4)55-32(59)17-16-31(58)27(14-11-19-48-41(44)45)53-36(61)29(13-9-10-18-43)54-39(64)35(25(5)6)56-37(62)28(51-26(7)57)15-12-20-49-42(46)47/h23-25,27-30,34-35H,9-22,43H2,1-8H3,(H,50,63)(H,51,57)(H,52,60)(H,53,61)(H,54,64)(H,55,59)(H,56,62)(H4,44,45,48)(H4,46,47,49)/t27-,28-,29-,30+,34+,35-/m0/s1. The Kier molecular flexibility index (Phi) is 29.6. The van der Waals surface area contributed by atoms with Gasteiger partial charge in [-0.2, -0.15) is 0 Å². The van der Waals surface area contributed by atoms with Crippen molar-refractivity contribution in [3.63, 3.8) is 0 Å². The van der Waals surface area contributed by atoms with Crippen molar-refractivity contribution in [2.45, 2.75) is 149 Å². The van der Waals surface area contributed by atoms with Crippen LogP contribution in [0.5, 0.6) is 0 Å². The lowest BCUT2D eigenvalue weighted by molar-refractivity contribution is -0.145. The summed E-state index contributed by atoms with van der Waals surface area (Å²) >= 11 is 0. The minimum Gasteiger partial charge on any atom is -0.467 e. The molecule has 0 aromatic carbocycles. The van der Waals surface area contributed by atoms with E-state index in [1.807, 2.05) is 13.8 Å². The molecule has 0 aliphatic carbocycles. The van der Waals surface area contributed by atoms with Crippen LogP contribution in [0, 0.1) is 17.8 Å². The molecule has 7 amide bonds. The minimum atomic E-state index is -1.18. The van der Waals surface area contributed by atoms with Crippen LogP contribution in [0.2, 0.25) is 0 Å². The number of carbonyl (C=O) groups excluding carboxylic acids is 9. The Morgan fingerprint density at radius 3 is 1.55 bits per heavy atom. The lowest BCUT2D eigenvalue weighted by atomic mass is 9.99. The van der Waals surface area contributed by atoms with Crippen LogP contribution in [0.15, 0.2) is 9.98 Å². The predicted octanol–water partition coefficient (Wildman–Crippen LogP) is -2.85. The second kappa shape index (κ2) is 32.6. The summed E-state index contributed by atoms with van der Waals surface area (Å²) in [7, 11) is 1.20. The molecule has 376 valence electrons. The zero-order valence-corrected chi connectivity index (χ0v) is 40.0. The quantitative estimate of drug-likeness (QED) is 0.0136. The van der Waals surface area contributed by atoms with Crippen LogP contribution in [0.1, 0.15) is 113 Å². The summed E-state index contributed by atoms with van der Waals surface area (Å²) in [6.07, 6.45) is 1.43. The van der Waals surface area contributed by atoms with Gasteiger partial charge in [0.15, 0.2) is 17.7 Å². The second-order valence-electron chi connectivity index (χ2n) is 17.0. The van der Waals surface area contributed by atoms with Crippen LogP contribution in [-0.4, -0.2) is 135 Å². The molecule has 0 spiro atoms. The van der Waals surface area contributed by atoms with Crippen molar-refractivity contribution in [3.8, 4) is 0 Å². The van der Waals surface area contributed by atoms with Crippen molar-refractivity contribution in [1.29, 1.82) is 0 Å². The van der Waals surface area contributed by atoms with E-state index in [1.54, 1.807) is 27.7 Å². The number of aliphatic imine (C=N–C) groups is 2. The van der Waals surface area contributed by atoms with Crippen LogP contribution in [0.25, 0.3) is 0 Å². The van der Waals surface area contributed by atoms with E-state index in [2.05, 4.69) is 47.2 Å². The molecule has 24 heteroatoms. The summed E-state index contributed by atoms with van der Waals surface area (Å²) in [5.41, 5.74) is 27.4. The molecular formula is C42H78N14O10. The van der Waals surface area contributed by atoms with Gasteiger partial charge in [0.2, 0.25) is 41.4 Å². The Morgan fingerprint density at radius 2 is 1.05 bits per heavy atom. The highest BCUT2D eigenvalue weighted by Crippen LogP contribution is 2.12. The summed E-state index contributed by atoms with van der Waals surface area (Å²) < 4.78 is 4.76. The highest BCUT2D eigenvalue weighted by atomic mass is 16.5. The molecule has 0 rings (SSSR count). The second-order valence-corrected chi connectivity index (χ2v) is 17.0. The maximum absolute atomic E-state index is 13.9. The molecule has 0 saturated carbocycles. The van der Waals surface area contributed by atoms with Crippen LogP contribution in [0.3, 0.4) is 0 Å². The van der Waals surface area contributed by atoms with Crippen LogP contribution < -0.4 is 65.9 Å². The molecule has 0 unspecified atom stereocenters. The van der Waals surface area contributed by atoms with Gasteiger partial charge in [0.05, 0.1) is 19.7 Å². The lowest BCUT2D eigenvalue weighted by Crippen LogP contribution is -2.59. The van der Waals surface area contributed by atoms with Crippen molar-refractivity contribution in [2.75, 3.05) is 33.3 Å². The number of ether oxygens (including phenoxy) is 1. The Labute approximate surface area is 388 Å². The number of rotatable bonds is 33. The van der Waals surface area contributed by atoms with Crippen molar-refractivity contribution in [3.05, 3.63) is 0 Å². The fourth-order valence-electron chi connectivity index (χ4n) is 6.46. The highest BCUT2D eigenvalue weighted by Gasteiger charge is 2.33. The Hall–Kier alpha value is -6.07. The molecule has 0 aliphatic heterocycles. The van der Waals surface area contributed by atoms with E-state index in [9.17, 15) is 43.2 Å². The molecule has 0 aliphatic rings. The summed E-state index contributed by atoms with van der Waals surface area (Å²) in [5.74, 6) is -6.79. The largest absolute Gasteiger partial charge is 0.467 e. The van der Waals surface area contributed by atoms with Gasteiger partial charge in [-0.3, -0.25) is 48.3 Å². The van der Waals surface area contributed by atoms with E-state index in [0.29, 0.717) is 32.2 Å². The van der Waals surface area contributed by atoms with Gasteiger partial charge in [-0.25, -0.2) is 4.79 Å². The maximum Gasteiger partial charge on any atom is 0.328 e. The molecule has 0 fully saturated rings. The molecule has 0 aromatic rings. The van der Waals surface area contributed by atoms with Gasteiger partial charge in [-0.15, -0.1) is 0 Å². The number of hydrogen-bond donors (Lipinski definition) is 12. The molecule has 0 radical (unpaired) electrons. The first-order chi connectivity index (χ1) is 30.9. The van der Waals surface area contributed by atoms with Gasteiger partial charge in [-0.1, -0.05) is 41.5 Å². The first kappa shape index (κ1) is 59.9. The maximum atomic E-state index is 13.9. The zero-order chi connectivity index (χ0) is 50.5. The van der Waals surface area contributed by atoms with Gasteiger partial charge in [0, 0.05) is 32.9 Å². The number of methoxy groups -OCH3 is 1. The zero-order valence-electron chi connectivity index (χ0n) is 40.0. The van der Waals surface area contributed by atoms with Gasteiger partial charge < -0.3 is 70.6 Å². The lowest BCUT2D eigenvalue weighted by Gasteiger charge is -2.28. The first-order valence-corrected chi connectivity index (χ1v) is 22.4. The van der Waals surface area contributed by atoms with Gasteiger partial charge in [0.25, 0.3) is 0 Å². The van der Waals surface area contributed by atoms with E-state index in [-0.39, 0.29) is 69.5 Å². The third kappa shape index (κ3) is 26.0. The fraction of sp³-hybridized carbons (Fsp3) is 0.738. The molecule has 24 nitrogen and oxygen atoms in total. The van der Waals surface area contributed by atoms with Crippen molar-refractivity contribution >= 4 is 65.0 Å². The molecule has 17 N–H and O–H groups in total. The average molecular weight is 939 g/mol. The minimum absolute atomic E-state index is 0.0535. The average Bonchev–Trinajstić information content (AvgIpc) is 3.23. The van der Waals surface area contributed by atoms with Crippen molar-refractivity contribution < 1.29 is 47.9 Å². The van der Waals surface area contributed by atoms with E-state index >= 15 is 0 Å². The molecule has 0 heterocycles. The summed E-state index contributed by atoms with van der Waals surface area (Å²) in [6, 6.07) is -6.50. The Balaban J connectivity index is 6.08. The SMILES string of the molecule is COC(=O)[C@@H](CC(C)C)NC(=O)CNC(=O)[C@H](NC(=O)CCC(=O)[C@H](CCCN=C(N)N)NC(=O)[C@H](CCCCN)NC(=O)[C@@H](NC(=O)[C@H](CCCN=C(N)N)NC(C)=O)C(C)C)C(C)C. The Bertz CT molecular complexity index is 1660. The van der Waals surface area contributed by atoms with Gasteiger partial charge in [0.1, 0.15) is 30.2 Å². The van der Waals surface area contributed by atoms with Crippen LogP contribution in [-0.2, 0) is 47.9 Å². The summed E-state index contributed by atoms with van der Waals surface area (Å²) in [6.45, 7) is 11.9. The third-order valence-corrected chi connectivity index (χ3v) is 9.93. The fourth-order valence-corrected chi connectivity index (χ4v) is 6.46. The van der Waals surface area contributed by atoms with E-state index in [1.165, 1.54) is 14.0 Å². The summed E-state index contributed by atoms with van der Waals surface area (Å²) in [5, 5.41) is 18.3. The number of nitrogens with zero attached hydrogens (tertiary/aromatic N) is 2. The summed E-state index contributed by atoms with van der Waals surface area (Å²) in [4.78, 5) is 126. The number of carbonyl (C=O) groups is 9. The van der Waals surface area contributed by atoms with E-state index < -0.39 is 108 Å². The normalized spacial score (nSPS) is 13.7. The monoisotopic (exact) mass is 939 g/mol. The number of esters is 1. The number of nitrogens with two attached hydrogens (primary N) is 5. The highest BCUT2D eigenvalue weighted by molar-refractivity contribution is 5.97. The number of Topliss-reactive ketones (excluding diaryl/α,β-unsaturated/α-hetero) is 1. The van der Waals surface area contributed by atoms with E-state index in [4.69, 9.17) is 33.4 Å².